The lowest BCUT2D eigenvalue weighted by atomic mass is 9.56. The van der Waals surface area contributed by atoms with Crippen LogP contribution < -0.4 is 0 Å². The van der Waals surface area contributed by atoms with Crippen molar-refractivity contribution in [2.45, 2.75) is 243 Å². The number of rotatable bonds is 9. The van der Waals surface area contributed by atoms with Crippen LogP contribution in [0.1, 0.15) is 243 Å². The molecule has 366 valence electrons. The summed E-state index contributed by atoms with van der Waals surface area (Å²) in [6.45, 7) is 56.3. The second-order valence-electron chi connectivity index (χ2n) is 27.3. The summed E-state index contributed by atoms with van der Waals surface area (Å²) in [6, 6.07) is 0. The van der Waals surface area contributed by atoms with Gasteiger partial charge in [-0.1, -0.05) is 151 Å². The van der Waals surface area contributed by atoms with Gasteiger partial charge < -0.3 is 14.2 Å². The van der Waals surface area contributed by atoms with Crippen LogP contribution in [0.3, 0.4) is 0 Å². The molecule has 0 radical (unpaired) electrons. The zero-order chi connectivity index (χ0) is 49.0. The fourth-order valence-corrected chi connectivity index (χ4v) is 9.06. The number of carbonyl (C=O) groups is 3. The predicted molar refractivity (Wildman–Crippen MR) is 265 cm³/mol. The highest BCUT2D eigenvalue weighted by molar-refractivity contribution is 5.78. The van der Waals surface area contributed by atoms with E-state index in [2.05, 4.69) is 159 Å². The number of esters is 3. The Hall–Kier alpha value is -1.85. The van der Waals surface area contributed by atoms with Crippen molar-refractivity contribution >= 4 is 17.9 Å². The van der Waals surface area contributed by atoms with E-state index in [9.17, 15) is 14.4 Å². The van der Waals surface area contributed by atoms with Gasteiger partial charge in [-0.25, -0.2) is 0 Å². The molecule has 2 fully saturated rings. The van der Waals surface area contributed by atoms with Crippen LogP contribution in [0, 0.1) is 66.0 Å². The Labute approximate surface area is 386 Å². The predicted octanol–water partition coefficient (Wildman–Crippen LogP) is 16.4. The monoisotopic (exact) mass is 875 g/mol. The highest BCUT2D eigenvalue weighted by atomic mass is 16.5. The van der Waals surface area contributed by atoms with Gasteiger partial charge in [0.25, 0.3) is 0 Å². The Bertz CT molecular complexity index is 1360. The third-order valence-electron chi connectivity index (χ3n) is 16.2. The Morgan fingerprint density at radius 1 is 0.677 bits per heavy atom. The van der Waals surface area contributed by atoms with Crippen LogP contribution in [-0.4, -0.2) is 37.7 Å². The Kier molecular flexibility index (Phi) is 22.4. The largest absolute Gasteiger partial charge is 0.465 e. The summed E-state index contributed by atoms with van der Waals surface area (Å²) in [5.74, 6) is 0.607. The van der Waals surface area contributed by atoms with E-state index in [-0.39, 0.29) is 39.6 Å². The molecule has 5 atom stereocenters. The second-order valence-corrected chi connectivity index (χ2v) is 27.3. The normalized spacial score (nSPS) is 25.1. The van der Waals surface area contributed by atoms with Crippen LogP contribution in [0.4, 0.5) is 0 Å². The van der Waals surface area contributed by atoms with Gasteiger partial charge in [0.05, 0.1) is 36.1 Å². The molecule has 6 heteroatoms. The lowest BCUT2D eigenvalue weighted by Gasteiger charge is -2.49. The minimum Gasteiger partial charge on any atom is -0.465 e. The summed E-state index contributed by atoms with van der Waals surface area (Å²) in [5.41, 5.74) is -0.453. The number of ether oxygens (including phenoxy) is 3. The van der Waals surface area contributed by atoms with Gasteiger partial charge in [0, 0.05) is 0 Å². The smallest absolute Gasteiger partial charge is 0.312 e. The van der Waals surface area contributed by atoms with Crippen LogP contribution in [-0.2, 0) is 28.6 Å². The minimum atomic E-state index is -0.565. The number of hydrogen-bond donors (Lipinski definition) is 0. The van der Waals surface area contributed by atoms with Crippen molar-refractivity contribution in [3.05, 3.63) is 12.7 Å². The molecule has 0 aliphatic carbocycles. The van der Waals surface area contributed by atoms with Crippen LogP contribution in [0.15, 0.2) is 12.7 Å². The second kappa shape index (κ2) is 23.1. The summed E-state index contributed by atoms with van der Waals surface area (Å²) in [7, 11) is 0. The first-order valence-electron chi connectivity index (χ1n) is 24.8. The molecule has 62 heavy (non-hydrogen) atoms. The van der Waals surface area contributed by atoms with Crippen molar-refractivity contribution in [1.82, 2.24) is 0 Å². The molecule has 2 aliphatic rings. The fraction of sp³-hybridized carbons (Fsp3) is 0.911. The van der Waals surface area contributed by atoms with Crippen LogP contribution in [0.25, 0.3) is 0 Å². The highest BCUT2D eigenvalue weighted by Gasteiger charge is 2.50. The summed E-state index contributed by atoms with van der Waals surface area (Å²) < 4.78 is 17.0. The van der Waals surface area contributed by atoms with E-state index in [1.807, 2.05) is 13.0 Å². The Morgan fingerprint density at radius 3 is 1.56 bits per heavy atom. The number of allylic oxidation sites excluding steroid dienone is 1. The van der Waals surface area contributed by atoms with E-state index in [1.54, 1.807) is 0 Å². The number of unbranched alkanes of at least 4 members (excludes halogenated alkanes) is 2. The molecule has 0 aromatic heterocycles. The minimum absolute atomic E-state index is 0.0384. The van der Waals surface area contributed by atoms with Crippen molar-refractivity contribution in [1.29, 1.82) is 0 Å². The zero-order valence-corrected chi connectivity index (χ0v) is 45.7. The quantitative estimate of drug-likeness (QED) is 0.0994. The first-order valence-corrected chi connectivity index (χ1v) is 24.8. The van der Waals surface area contributed by atoms with E-state index >= 15 is 0 Å². The summed E-state index contributed by atoms with van der Waals surface area (Å²) in [6.07, 6.45) is 14.2. The maximum Gasteiger partial charge on any atom is 0.312 e. The van der Waals surface area contributed by atoms with Gasteiger partial charge in [0.15, 0.2) is 0 Å². The first kappa shape index (κ1) is 60.2. The van der Waals surface area contributed by atoms with Gasteiger partial charge >= 0.3 is 17.9 Å². The molecule has 0 spiro atoms. The van der Waals surface area contributed by atoms with Crippen molar-refractivity contribution in [2.75, 3.05) is 19.8 Å². The van der Waals surface area contributed by atoms with Gasteiger partial charge in [-0.05, 0) is 148 Å². The molecule has 2 aliphatic heterocycles. The summed E-state index contributed by atoms with van der Waals surface area (Å²) >= 11 is 0. The van der Waals surface area contributed by atoms with E-state index in [1.165, 1.54) is 0 Å². The highest BCUT2D eigenvalue weighted by Crippen LogP contribution is 2.52. The topological polar surface area (TPSA) is 78.9 Å². The van der Waals surface area contributed by atoms with Gasteiger partial charge in [0.1, 0.15) is 0 Å². The molecule has 0 aromatic rings. The SMILES string of the molecule is C=CCCCCOC(=O)C(C)(CC(C)(C)C)C(C)(C)C.CC(C)(C)C(C)(C)C(C)(C)C.CC1(CC2CCCCOC(=O)C(C)(C(C)(C)C)C2)CC(C(C)(C)C)CCCCOC1=O. The standard InChI is InChI=1S/C27H48O4.C18H34O2.C11H24/c1-24(2,3)21-14-10-12-15-30-22(28)26(7,19-21)17-20-13-9-11-16-31-23(29)27(8,18-20)25(4,5)6;1-9-10-11-12-13-20-15(19)18(8,17(5,6)7)14-16(2,3)4;1-9(2,3)11(7,8)10(4,5)6/h20-21H,9-19H2,1-8H3;9H,1,10-14H2,2-8H3;1-8H3. The van der Waals surface area contributed by atoms with Crippen molar-refractivity contribution in [2.24, 2.45) is 66.0 Å². The molecular formula is C56H106O6. The maximum atomic E-state index is 13.3. The van der Waals surface area contributed by atoms with Gasteiger partial charge in [-0.15, -0.1) is 6.58 Å². The summed E-state index contributed by atoms with van der Waals surface area (Å²) in [5, 5.41) is 0. The lowest BCUT2D eigenvalue weighted by molar-refractivity contribution is -0.165. The molecular weight excluding hydrogens is 769 g/mol. The third kappa shape index (κ3) is 18.2. The van der Waals surface area contributed by atoms with E-state index < -0.39 is 16.2 Å². The Balaban J connectivity index is 0.00000103. The van der Waals surface area contributed by atoms with Crippen LogP contribution >= 0.6 is 0 Å². The molecule has 0 amide bonds. The molecule has 0 N–H and O–H groups in total. The van der Waals surface area contributed by atoms with E-state index in [4.69, 9.17) is 14.2 Å². The maximum absolute atomic E-state index is 13.3. The van der Waals surface area contributed by atoms with Gasteiger partial charge in [0.2, 0.25) is 0 Å². The third-order valence-corrected chi connectivity index (χ3v) is 16.2. The molecule has 0 saturated carbocycles. The van der Waals surface area contributed by atoms with E-state index in [0.717, 1.165) is 83.5 Å². The lowest BCUT2D eigenvalue weighted by Crippen LogP contribution is -2.44. The average Bonchev–Trinajstić information content (AvgIpc) is 3.19. The van der Waals surface area contributed by atoms with Gasteiger partial charge in [-0.3, -0.25) is 14.4 Å². The molecule has 2 saturated heterocycles. The number of cyclic esters (lactones) is 2. The van der Waals surface area contributed by atoms with Crippen molar-refractivity contribution in [3.8, 4) is 0 Å². The molecule has 2 heterocycles. The summed E-state index contributed by atoms with van der Waals surface area (Å²) in [4.78, 5) is 39.0. The van der Waals surface area contributed by atoms with Crippen molar-refractivity contribution in [3.63, 3.8) is 0 Å². The molecule has 0 aromatic carbocycles. The van der Waals surface area contributed by atoms with E-state index in [0.29, 0.717) is 47.9 Å². The molecule has 2 rings (SSSR count). The number of carbonyl (C=O) groups excluding carboxylic acids is 3. The fourth-order valence-electron chi connectivity index (χ4n) is 9.06. The molecule has 5 unspecified atom stereocenters. The van der Waals surface area contributed by atoms with Crippen LogP contribution in [0.5, 0.6) is 0 Å². The first-order chi connectivity index (χ1) is 27.6. The zero-order valence-electron chi connectivity index (χ0n) is 45.7. The Morgan fingerprint density at radius 2 is 1.16 bits per heavy atom. The van der Waals surface area contributed by atoms with Crippen molar-refractivity contribution < 1.29 is 28.6 Å². The van der Waals surface area contributed by atoms with Gasteiger partial charge in [-0.2, -0.15) is 0 Å². The molecule has 0 bridgehead atoms. The molecule has 6 nitrogen and oxygen atoms in total. The average molecular weight is 875 g/mol. The number of hydrogen-bond acceptors (Lipinski definition) is 6. The van der Waals surface area contributed by atoms with Crippen LogP contribution in [0.2, 0.25) is 0 Å².